The van der Waals surface area contributed by atoms with Crippen LogP contribution in [0.4, 0.5) is 0 Å². The Labute approximate surface area is 240 Å². The Morgan fingerprint density at radius 1 is 1.15 bits per heavy atom. The second-order valence-electron chi connectivity index (χ2n) is 11.9. The number of nitrogens with one attached hydrogen (secondary N) is 2. The van der Waals surface area contributed by atoms with Gasteiger partial charge in [-0.1, -0.05) is 19.9 Å². The highest BCUT2D eigenvalue weighted by molar-refractivity contribution is 5.82. The second kappa shape index (κ2) is 17.4. The standard InChI is InChI=1S/C30H55N3O7/c1-20(18-22(3)23(4)34)10-11-24-8-6-14-30(39-24)15-12-21(2)26(40-30)9-7-16-32-29(37)28(31)25(35)19-33-27(36)13-17-38-5/h18,20-21,23-26,28,34-35H,6-17,19,31H2,1-5H3,(H,32,37)(H,33,36)/b22-18+/t20-,21?,23-,24-,25-,26+,28-,30?/m0/s1. The number of allylic oxidation sites excluding steroid dienone is 1. The minimum Gasteiger partial charge on any atom is -0.389 e. The summed E-state index contributed by atoms with van der Waals surface area (Å²) in [6, 6.07) is -1.13. The van der Waals surface area contributed by atoms with Crippen LogP contribution in [0.3, 0.4) is 0 Å². The van der Waals surface area contributed by atoms with Crippen LogP contribution in [0, 0.1) is 11.8 Å². The Hall–Kier alpha value is -1.56. The molecule has 2 saturated heterocycles. The molecule has 2 aliphatic rings. The molecule has 1 spiro atoms. The zero-order chi connectivity index (χ0) is 29.7. The van der Waals surface area contributed by atoms with E-state index in [-0.39, 0.29) is 37.7 Å². The number of carbonyl (C=O) groups is 2. The highest BCUT2D eigenvalue weighted by atomic mass is 16.7. The molecule has 8 atom stereocenters. The molecule has 10 heteroatoms. The lowest BCUT2D eigenvalue weighted by Crippen LogP contribution is -2.52. The van der Waals surface area contributed by atoms with E-state index in [0.717, 1.165) is 63.4 Å². The van der Waals surface area contributed by atoms with Crippen molar-refractivity contribution in [2.45, 2.75) is 128 Å². The van der Waals surface area contributed by atoms with Crippen LogP contribution >= 0.6 is 0 Å². The molecule has 232 valence electrons. The van der Waals surface area contributed by atoms with E-state index in [1.807, 2.05) is 6.92 Å². The maximum Gasteiger partial charge on any atom is 0.239 e. The smallest absolute Gasteiger partial charge is 0.239 e. The molecule has 0 bridgehead atoms. The molecule has 0 aromatic heterocycles. The predicted molar refractivity (Wildman–Crippen MR) is 154 cm³/mol. The Balaban J connectivity index is 1.75. The molecule has 0 radical (unpaired) electrons. The lowest BCUT2D eigenvalue weighted by Gasteiger charge is -2.48. The summed E-state index contributed by atoms with van der Waals surface area (Å²) in [7, 11) is 1.51. The SMILES string of the molecule is COCCC(=O)NC[C@H](O)[C@H](N)C(=O)NCCC[C@H]1OC2(CCC[C@@H](CC[C@H](C)/C=C(\C)[C@H](C)O)O2)CCC1C. The zero-order valence-electron chi connectivity index (χ0n) is 25.3. The highest BCUT2D eigenvalue weighted by Gasteiger charge is 2.44. The van der Waals surface area contributed by atoms with E-state index < -0.39 is 29.9 Å². The van der Waals surface area contributed by atoms with Gasteiger partial charge in [0.1, 0.15) is 6.04 Å². The fraction of sp³-hybridized carbons (Fsp3) is 0.867. The van der Waals surface area contributed by atoms with Crippen molar-refractivity contribution in [3.63, 3.8) is 0 Å². The van der Waals surface area contributed by atoms with Crippen molar-refractivity contribution in [3.05, 3.63) is 11.6 Å². The second-order valence-corrected chi connectivity index (χ2v) is 11.9. The summed E-state index contributed by atoms with van der Waals surface area (Å²) in [4.78, 5) is 24.1. The number of amides is 2. The van der Waals surface area contributed by atoms with Crippen molar-refractivity contribution in [3.8, 4) is 0 Å². The number of hydrogen-bond acceptors (Lipinski definition) is 8. The first-order chi connectivity index (χ1) is 19.0. The van der Waals surface area contributed by atoms with E-state index in [1.165, 1.54) is 7.11 Å². The molecule has 10 nitrogen and oxygen atoms in total. The first kappa shape index (κ1) is 34.6. The first-order valence-corrected chi connectivity index (χ1v) is 15.1. The van der Waals surface area contributed by atoms with Crippen LogP contribution in [0.25, 0.3) is 0 Å². The largest absolute Gasteiger partial charge is 0.389 e. The Bertz CT molecular complexity index is 808. The lowest BCUT2D eigenvalue weighted by atomic mass is 9.85. The fourth-order valence-electron chi connectivity index (χ4n) is 5.48. The number of methoxy groups -OCH3 is 1. The maximum atomic E-state index is 12.4. The van der Waals surface area contributed by atoms with Crippen molar-refractivity contribution >= 4 is 11.8 Å². The molecule has 0 aromatic carbocycles. The van der Waals surface area contributed by atoms with Gasteiger partial charge in [0.25, 0.3) is 0 Å². The Morgan fingerprint density at radius 3 is 2.60 bits per heavy atom. The number of aliphatic hydroxyl groups excluding tert-OH is 2. The first-order valence-electron chi connectivity index (χ1n) is 15.1. The number of nitrogens with two attached hydrogens (primary N) is 1. The van der Waals surface area contributed by atoms with Crippen molar-refractivity contribution in [1.29, 1.82) is 0 Å². The van der Waals surface area contributed by atoms with Gasteiger partial charge in [0.15, 0.2) is 5.79 Å². The average Bonchev–Trinajstić information content (AvgIpc) is 2.93. The summed E-state index contributed by atoms with van der Waals surface area (Å²) < 4.78 is 18.1. The van der Waals surface area contributed by atoms with E-state index in [4.69, 9.17) is 19.9 Å². The van der Waals surface area contributed by atoms with Gasteiger partial charge in [-0.3, -0.25) is 9.59 Å². The van der Waals surface area contributed by atoms with Crippen molar-refractivity contribution in [2.24, 2.45) is 17.6 Å². The summed E-state index contributed by atoms with van der Waals surface area (Å²) in [5.41, 5.74) is 6.90. The summed E-state index contributed by atoms with van der Waals surface area (Å²) in [6.45, 7) is 8.80. The maximum absolute atomic E-state index is 12.4. The van der Waals surface area contributed by atoms with Gasteiger partial charge in [0.05, 0.1) is 31.0 Å². The van der Waals surface area contributed by atoms with Gasteiger partial charge in [-0.05, 0) is 76.2 Å². The van der Waals surface area contributed by atoms with Crippen LogP contribution in [0.5, 0.6) is 0 Å². The molecule has 40 heavy (non-hydrogen) atoms. The predicted octanol–water partition coefficient (Wildman–Crippen LogP) is 2.55. The van der Waals surface area contributed by atoms with Crippen LogP contribution in [0.15, 0.2) is 11.6 Å². The topological polar surface area (TPSA) is 152 Å². The quantitative estimate of drug-likeness (QED) is 0.140. The van der Waals surface area contributed by atoms with Crippen LogP contribution in [0.1, 0.15) is 91.9 Å². The van der Waals surface area contributed by atoms with E-state index >= 15 is 0 Å². The minimum atomic E-state index is -1.18. The number of rotatable bonds is 16. The van der Waals surface area contributed by atoms with E-state index in [9.17, 15) is 19.8 Å². The number of aliphatic hydroxyl groups is 2. The van der Waals surface area contributed by atoms with Gasteiger partial charge in [0.2, 0.25) is 11.8 Å². The van der Waals surface area contributed by atoms with Gasteiger partial charge in [-0.25, -0.2) is 0 Å². The summed E-state index contributed by atoms with van der Waals surface area (Å²) >= 11 is 0. The van der Waals surface area contributed by atoms with E-state index in [1.54, 1.807) is 6.92 Å². The van der Waals surface area contributed by atoms with Crippen LogP contribution in [-0.4, -0.2) is 85.1 Å². The van der Waals surface area contributed by atoms with Gasteiger partial charge in [0, 0.05) is 39.5 Å². The number of hydrogen-bond donors (Lipinski definition) is 5. The monoisotopic (exact) mass is 569 g/mol. The van der Waals surface area contributed by atoms with Crippen molar-refractivity contribution in [1.82, 2.24) is 10.6 Å². The normalized spacial score (nSPS) is 28.5. The van der Waals surface area contributed by atoms with E-state index in [0.29, 0.717) is 18.4 Å². The molecule has 2 aliphatic heterocycles. The Morgan fingerprint density at radius 2 is 1.90 bits per heavy atom. The molecule has 0 saturated carbocycles. The molecule has 0 aliphatic carbocycles. The summed E-state index contributed by atoms with van der Waals surface area (Å²) in [5.74, 6) is -0.433. The molecular weight excluding hydrogens is 514 g/mol. The molecule has 0 aromatic rings. The van der Waals surface area contributed by atoms with Crippen molar-refractivity contribution < 1.29 is 34.0 Å². The molecule has 2 rings (SSSR count). The number of carbonyl (C=O) groups excluding carboxylic acids is 2. The van der Waals surface area contributed by atoms with E-state index in [2.05, 4.69) is 30.6 Å². The molecular formula is C30H55N3O7. The average molecular weight is 570 g/mol. The third-order valence-electron chi connectivity index (χ3n) is 8.32. The molecule has 2 fully saturated rings. The third-order valence-corrected chi connectivity index (χ3v) is 8.32. The molecule has 6 N–H and O–H groups in total. The zero-order valence-corrected chi connectivity index (χ0v) is 25.3. The van der Waals surface area contributed by atoms with Gasteiger partial charge < -0.3 is 40.8 Å². The Kier molecular flexibility index (Phi) is 15.1. The van der Waals surface area contributed by atoms with Gasteiger partial charge in [-0.15, -0.1) is 0 Å². The number of ether oxygens (including phenoxy) is 3. The van der Waals surface area contributed by atoms with Gasteiger partial charge in [-0.2, -0.15) is 0 Å². The van der Waals surface area contributed by atoms with Crippen LogP contribution < -0.4 is 16.4 Å². The molecule has 2 heterocycles. The van der Waals surface area contributed by atoms with Crippen molar-refractivity contribution in [2.75, 3.05) is 26.8 Å². The summed E-state index contributed by atoms with van der Waals surface area (Å²) in [5, 5.41) is 25.3. The van der Waals surface area contributed by atoms with Crippen LogP contribution in [-0.2, 0) is 23.8 Å². The molecule has 2 unspecified atom stereocenters. The highest BCUT2D eigenvalue weighted by Crippen LogP contribution is 2.43. The van der Waals surface area contributed by atoms with Crippen LogP contribution in [0.2, 0.25) is 0 Å². The van der Waals surface area contributed by atoms with Gasteiger partial charge >= 0.3 is 0 Å². The fourth-order valence-corrected chi connectivity index (χ4v) is 5.48. The lowest BCUT2D eigenvalue weighted by molar-refractivity contribution is -0.324. The molecule has 2 amide bonds. The summed E-state index contributed by atoms with van der Waals surface area (Å²) in [6.07, 6.45) is 9.51. The third kappa shape index (κ3) is 11.7. The minimum absolute atomic E-state index is 0.0570.